The molecule has 1 aliphatic heterocycles. The van der Waals surface area contributed by atoms with Crippen LogP contribution in [-0.4, -0.2) is 57.6 Å². The summed E-state index contributed by atoms with van der Waals surface area (Å²) in [4.78, 5) is 23.6. The largest absolute Gasteiger partial charge is 0.471 e. The SMILES string of the molecule is Cn1nccc1NC(=O)N1C[C@H](NC(=O)C(F)(F)F)CC[C@H]1C(F)(F)F. The van der Waals surface area contributed by atoms with Gasteiger partial charge in [-0.15, -0.1) is 0 Å². The molecule has 26 heavy (non-hydrogen) atoms. The first-order valence-corrected chi connectivity index (χ1v) is 7.39. The summed E-state index contributed by atoms with van der Waals surface area (Å²) in [6, 6.07) is -3.23. The Balaban J connectivity index is 2.15. The molecule has 0 bridgehead atoms. The number of amides is 3. The highest BCUT2D eigenvalue weighted by Gasteiger charge is 2.49. The smallest absolute Gasteiger partial charge is 0.344 e. The van der Waals surface area contributed by atoms with Crippen LogP contribution < -0.4 is 10.6 Å². The summed E-state index contributed by atoms with van der Waals surface area (Å²) in [6.45, 7) is -0.713. The number of hydrogen-bond donors (Lipinski definition) is 2. The van der Waals surface area contributed by atoms with Crippen molar-refractivity contribution in [2.45, 2.75) is 37.3 Å². The summed E-state index contributed by atoms with van der Waals surface area (Å²) in [5, 5.41) is 7.58. The molecule has 0 unspecified atom stereocenters. The van der Waals surface area contributed by atoms with Gasteiger partial charge in [0.05, 0.1) is 6.20 Å². The molecule has 1 aromatic rings. The van der Waals surface area contributed by atoms with Crippen molar-refractivity contribution in [3.05, 3.63) is 12.3 Å². The molecule has 0 aliphatic carbocycles. The predicted molar refractivity (Wildman–Crippen MR) is 76.0 cm³/mol. The Morgan fingerprint density at radius 2 is 1.85 bits per heavy atom. The number of nitrogens with one attached hydrogen (secondary N) is 2. The first kappa shape index (κ1) is 19.8. The quantitative estimate of drug-likeness (QED) is 0.763. The minimum Gasteiger partial charge on any atom is -0.344 e. The molecule has 2 rings (SSSR count). The Morgan fingerprint density at radius 1 is 1.19 bits per heavy atom. The van der Waals surface area contributed by atoms with Crippen LogP contribution in [0, 0.1) is 0 Å². The third-order valence-electron chi connectivity index (χ3n) is 3.87. The minimum atomic E-state index is -5.16. The van der Waals surface area contributed by atoms with E-state index in [1.165, 1.54) is 24.0 Å². The van der Waals surface area contributed by atoms with Crippen LogP contribution in [0.3, 0.4) is 0 Å². The fourth-order valence-corrected chi connectivity index (χ4v) is 2.60. The van der Waals surface area contributed by atoms with Gasteiger partial charge in [0.1, 0.15) is 11.9 Å². The van der Waals surface area contributed by atoms with Gasteiger partial charge in [0.25, 0.3) is 0 Å². The molecular weight excluding hydrogens is 372 g/mol. The number of aryl methyl sites for hydroxylation is 1. The van der Waals surface area contributed by atoms with Gasteiger partial charge >= 0.3 is 24.3 Å². The van der Waals surface area contributed by atoms with Gasteiger partial charge in [-0.2, -0.15) is 31.4 Å². The maximum absolute atomic E-state index is 13.2. The van der Waals surface area contributed by atoms with Crippen LogP contribution >= 0.6 is 0 Å². The Labute approximate surface area is 143 Å². The van der Waals surface area contributed by atoms with E-state index in [1.54, 1.807) is 5.32 Å². The second-order valence-electron chi connectivity index (χ2n) is 5.73. The number of rotatable bonds is 2. The molecule has 0 spiro atoms. The zero-order valence-corrected chi connectivity index (χ0v) is 13.4. The summed E-state index contributed by atoms with van der Waals surface area (Å²) < 4.78 is 77.7. The standard InChI is InChI=1S/C13H15F6N5O2/c1-23-9(4-5-20-23)22-11(26)24-6-7(21-10(25)13(17,18)19)2-3-8(24)12(14,15)16/h4-5,7-8H,2-3,6H2,1H3,(H,21,25)(H,22,26)/t7-,8+/m1/s1. The summed E-state index contributed by atoms with van der Waals surface area (Å²) in [7, 11) is 1.44. The number of piperidine rings is 1. The van der Waals surface area contributed by atoms with E-state index in [2.05, 4.69) is 10.4 Å². The van der Waals surface area contributed by atoms with E-state index < -0.39 is 49.3 Å². The summed E-state index contributed by atoms with van der Waals surface area (Å²) >= 11 is 0. The van der Waals surface area contributed by atoms with E-state index in [0.717, 1.165) is 0 Å². The lowest BCUT2D eigenvalue weighted by molar-refractivity contribution is -0.186. The summed E-state index contributed by atoms with van der Waals surface area (Å²) in [6.07, 6.45) is -9.60. The van der Waals surface area contributed by atoms with Gasteiger partial charge < -0.3 is 10.2 Å². The molecule has 1 aromatic heterocycles. The molecule has 2 heterocycles. The van der Waals surface area contributed by atoms with Crippen molar-refractivity contribution >= 4 is 17.8 Å². The van der Waals surface area contributed by atoms with Crippen molar-refractivity contribution in [1.82, 2.24) is 20.0 Å². The lowest BCUT2D eigenvalue weighted by atomic mass is 9.98. The first-order chi connectivity index (χ1) is 11.9. The Bertz CT molecular complexity index is 671. The van der Waals surface area contributed by atoms with Gasteiger partial charge in [0.2, 0.25) is 0 Å². The number of carbonyl (C=O) groups is 2. The van der Waals surface area contributed by atoms with Crippen LogP contribution in [0.2, 0.25) is 0 Å². The number of halogens is 6. The number of alkyl halides is 6. The molecule has 3 amide bonds. The molecule has 2 atom stereocenters. The van der Waals surface area contributed by atoms with E-state index in [9.17, 15) is 35.9 Å². The normalized spacial score (nSPS) is 21.4. The second kappa shape index (κ2) is 7.03. The average molecular weight is 387 g/mol. The Morgan fingerprint density at radius 3 is 2.35 bits per heavy atom. The van der Waals surface area contributed by atoms with E-state index in [4.69, 9.17) is 0 Å². The molecule has 0 radical (unpaired) electrons. The number of nitrogens with zero attached hydrogens (tertiary/aromatic N) is 3. The summed E-state index contributed by atoms with van der Waals surface area (Å²) in [5.74, 6) is -2.16. The molecule has 0 saturated carbocycles. The maximum atomic E-state index is 13.2. The highest BCUT2D eigenvalue weighted by molar-refractivity contribution is 5.89. The third-order valence-corrected chi connectivity index (χ3v) is 3.87. The zero-order chi connectivity index (χ0) is 19.7. The van der Waals surface area contributed by atoms with Crippen molar-refractivity contribution < 1.29 is 35.9 Å². The van der Waals surface area contributed by atoms with Crippen molar-refractivity contribution in [2.24, 2.45) is 7.05 Å². The Hall–Kier alpha value is -2.47. The zero-order valence-electron chi connectivity index (χ0n) is 13.4. The fourth-order valence-electron chi connectivity index (χ4n) is 2.60. The molecule has 146 valence electrons. The van der Waals surface area contributed by atoms with E-state index in [-0.39, 0.29) is 12.2 Å². The number of hydrogen-bond acceptors (Lipinski definition) is 3. The van der Waals surface area contributed by atoms with Crippen LogP contribution in [0.1, 0.15) is 12.8 Å². The number of urea groups is 1. The molecule has 13 heteroatoms. The van der Waals surface area contributed by atoms with E-state index >= 15 is 0 Å². The average Bonchev–Trinajstić information content (AvgIpc) is 2.90. The van der Waals surface area contributed by atoms with Crippen LogP contribution in [0.4, 0.5) is 37.0 Å². The molecule has 2 N–H and O–H groups in total. The van der Waals surface area contributed by atoms with Gasteiger partial charge in [0.15, 0.2) is 0 Å². The number of likely N-dealkylation sites (tertiary alicyclic amines) is 1. The van der Waals surface area contributed by atoms with Crippen LogP contribution in [-0.2, 0) is 11.8 Å². The lowest BCUT2D eigenvalue weighted by Crippen LogP contribution is -2.60. The molecular formula is C13H15F6N5O2. The number of anilines is 1. The van der Waals surface area contributed by atoms with Crippen molar-refractivity contribution in [3.8, 4) is 0 Å². The highest BCUT2D eigenvalue weighted by atomic mass is 19.4. The third kappa shape index (κ3) is 4.58. The van der Waals surface area contributed by atoms with Crippen LogP contribution in [0.25, 0.3) is 0 Å². The predicted octanol–water partition coefficient (Wildman–Crippen LogP) is 2.03. The molecule has 7 nitrogen and oxygen atoms in total. The van der Waals surface area contributed by atoms with Crippen molar-refractivity contribution in [3.63, 3.8) is 0 Å². The van der Waals surface area contributed by atoms with Gasteiger partial charge in [-0.05, 0) is 12.8 Å². The first-order valence-electron chi connectivity index (χ1n) is 7.39. The lowest BCUT2D eigenvalue weighted by Gasteiger charge is -2.40. The maximum Gasteiger partial charge on any atom is 0.471 e. The second-order valence-corrected chi connectivity index (χ2v) is 5.73. The number of carbonyl (C=O) groups excluding carboxylic acids is 2. The van der Waals surface area contributed by atoms with Crippen molar-refractivity contribution in [1.29, 1.82) is 0 Å². The monoisotopic (exact) mass is 387 g/mol. The van der Waals surface area contributed by atoms with Crippen LogP contribution in [0.5, 0.6) is 0 Å². The summed E-state index contributed by atoms with van der Waals surface area (Å²) in [5.41, 5.74) is 0. The minimum absolute atomic E-state index is 0.109. The highest BCUT2D eigenvalue weighted by Crippen LogP contribution is 2.32. The molecule has 1 fully saturated rings. The molecule has 1 aliphatic rings. The van der Waals surface area contributed by atoms with Gasteiger partial charge in [0, 0.05) is 25.7 Å². The van der Waals surface area contributed by atoms with E-state index in [0.29, 0.717) is 4.90 Å². The molecule has 0 aromatic carbocycles. The van der Waals surface area contributed by atoms with Crippen LogP contribution in [0.15, 0.2) is 12.3 Å². The van der Waals surface area contributed by atoms with Gasteiger partial charge in [-0.25, -0.2) is 4.79 Å². The fraction of sp³-hybridized carbons (Fsp3) is 0.615. The van der Waals surface area contributed by atoms with Crippen molar-refractivity contribution in [2.75, 3.05) is 11.9 Å². The van der Waals surface area contributed by atoms with Gasteiger partial charge in [-0.3, -0.25) is 14.8 Å². The van der Waals surface area contributed by atoms with E-state index in [1.807, 2.05) is 0 Å². The topological polar surface area (TPSA) is 79.3 Å². The Kier molecular flexibility index (Phi) is 5.37. The number of aromatic nitrogens is 2. The molecule has 1 saturated heterocycles. The van der Waals surface area contributed by atoms with Gasteiger partial charge in [-0.1, -0.05) is 0 Å².